The molecule has 0 amide bonds. The average Bonchev–Trinajstić information content (AvgIpc) is 3.22. The highest BCUT2D eigenvalue weighted by molar-refractivity contribution is 7.15. The zero-order valence-corrected chi connectivity index (χ0v) is 15.9. The molecule has 0 radical (unpaired) electrons. The van der Waals surface area contributed by atoms with E-state index in [9.17, 15) is 4.79 Å². The molecule has 0 aliphatic heterocycles. The van der Waals surface area contributed by atoms with Crippen LogP contribution in [0.3, 0.4) is 0 Å². The Balaban J connectivity index is 1.79. The van der Waals surface area contributed by atoms with Crippen LogP contribution < -0.4 is 19.6 Å². The van der Waals surface area contributed by atoms with Gasteiger partial charge in [0.15, 0.2) is 5.82 Å². The van der Waals surface area contributed by atoms with Gasteiger partial charge in [-0.15, -0.1) is 5.10 Å². The third-order valence-corrected chi connectivity index (χ3v) is 5.18. The van der Waals surface area contributed by atoms with Crippen molar-refractivity contribution in [3.05, 3.63) is 68.5 Å². The number of aromatic nitrogens is 3. The van der Waals surface area contributed by atoms with Crippen molar-refractivity contribution >= 4 is 22.4 Å². The third-order valence-electron chi connectivity index (χ3n) is 4.22. The lowest BCUT2D eigenvalue weighted by molar-refractivity contribution is 0.393. The summed E-state index contributed by atoms with van der Waals surface area (Å²) in [6.07, 6.45) is 1.78. The summed E-state index contributed by atoms with van der Waals surface area (Å²) in [5.41, 5.74) is 2.64. The van der Waals surface area contributed by atoms with Crippen molar-refractivity contribution in [1.29, 1.82) is 0 Å². The first-order valence-corrected chi connectivity index (χ1v) is 9.11. The highest BCUT2D eigenvalue weighted by Crippen LogP contribution is 2.25. The van der Waals surface area contributed by atoms with Gasteiger partial charge < -0.3 is 9.47 Å². The summed E-state index contributed by atoms with van der Waals surface area (Å²) in [7, 11) is 3.18. The number of methoxy groups -OCH3 is 2. The SMILES string of the molecule is COc1ccc(/C=c2/sc3nc(-c4ccc(C)cc4)nn3c2=O)c(OC)c1. The normalized spacial score (nSPS) is 11.9. The van der Waals surface area contributed by atoms with Gasteiger partial charge in [0.25, 0.3) is 5.56 Å². The highest BCUT2D eigenvalue weighted by Gasteiger charge is 2.12. The van der Waals surface area contributed by atoms with Crippen molar-refractivity contribution < 1.29 is 9.47 Å². The number of nitrogens with zero attached hydrogens (tertiary/aromatic N) is 3. The minimum Gasteiger partial charge on any atom is -0.497 e. The molecule has 0 aliphatic carbocycles. The molecule has 0 saturated carbocycles. The zero-order valence-electron chi connectivity index (χ0n) is 15.1. The van der Waals surface area contributed by atoms with Crippen LogP contribution in [-0.2, 0) is 0 Å². The Morgan fingerprint density at radius 3 is 2.52 bits per heavy atom. The fraction of sp³-hybridized carbons (Fsp3) is 0.150. The predicted molar refractivity (Wildman–Crippen MR) is 106 cm³/mol. The highest BCUT2D eigenvalue weighted by atomic mass is 32.1. The Labute approximate surface area is 159 Å². The van der Waals surface area contributed by atoms with Crippen molar-refractivity contribution in [2.75, 3.05) is 14.2 Å². The quantitative estimate of drug-likeness (QED) is 0.545. The van der Waals surface area contributed by atoms with E-state index >= 15 is 0 Å². The molecule has 0 aliphatic rings. The molecular formula is C20H17N3O3S. The van der Waals surface area contributed by atoms with Gasteiger partial charge in [0.1, 0.15) is 11.5 Å². The van der Waals surface area contributed by atoms with Gasteiger partial charge in [-0.25, -0.2) is 0 Å². The van der Waals surface area contributed by atoms with Crippen LogP contribution in [0.15, 0.2) is 47.3 Å². The van der Waals surface area contributed by atoms with E-state index in [1.165, 1.54) is 15.9 Å². The van der Waals surface area contributed by atoms with Crippen LogP contribution in [0, 0.1) is 6.92 Å². The van der Waals surface area contributed by atoms with E-state index in [1.54, 1.807) is 26.4 Å². The van der Waals surface area contributed by atoms with Crippen LogP contribution in [-0.4, -0.2) is 28.8 Å². The fourth-order valence-electron chi connectivity index (χ4n) is 2.74. The molecular weight excluding hydrogens is 362 g/mol. The van der Waals surface area contributed by atoms with Gasteiger partial charge in [-0.3, -0.25) is 4.79 Å². The molecule has 136 valence electrons. The van der Waals surface area contributed by atoms with Crippen molar-refractivity contribution in [3.8, 4) is 22.9 Å². The first-order chi connectivity index (χ1) is 13.1. The van der Waals surface area contributed by atoms with E-state index in [1.807, 2.05) is 43.3 Å². The maximum absolute atomic E-state index is 12.7. The fourth-order valence-corrected chi connectivity index (χ4v) is 3.64. The Morgan fingerprint density at radius 2 is 1.85 bits per heavy atom. The number of hydrogen-bond acceptors (Lipinski definition) is 6. The molecule has 0 bridgehead atoms. The molecule has 6 nitrogen and oxygen atoms in total. The van der Waals surface area contributed by atoms with E-state index in [-0.39, 0.29) is 5.56 Å². The molecule has 2 aromatic carbocycles. The monoisotopic (exact) mass is 379 g/mol. The first kappa shape index (κ1) is 17.2. The molecule has 0 N–H and O–H groups in total. The standard InChI is InChI=1S/C20H17N3O3S/c1-12-4-6-13(7-5-12)18-21-20-23(22-18)19(24)17(27-20)10-14-8-9-15(25-2)11-16(14)26-3/h4-11H,1-3H3/b17-10+. The van der Waals surface area contributed by atoms with Gasteiger partial charge >= 0.3 is 0 Å². The molecule has 0 unspecified atom stereocenters. The van der Waals surface area contributed by atoms with Crippen LogP contribution >= 0.6 is 11.3 Å². The molecule has 0 atom stereocenters. The van der Waals surface area contributed by atoms with Crippen LogP contribution in [0.4, 0.5) is 0 Å². The van der Waals surface area contributed by atoms with E-state index in [2.05, 4.69) is 10.1 Å². The lowest BCUT2D eigenvalue weighted by atomic mass is 10.1. The Bertz CT molecular complexity index is 1230. The molecule has 0 fully saturated rings. The minimum absolute atomic E-state index is 0.196. The number of benzene rings is 2. The van der Waals surface area contributed by atoms with E-state index < -0.39 is 0 Å². The maximum atomic E-state index is 12.7. The molecule has 2 aromatic heterocycles. The number of fused-ring (bicyclic) bond motifs is 1. The van der Waals surface area contributed by atoms with Gasteiger partial charge in [-0.05, 0) is 25.1 Å². The van der Waals surface area contributed by atoms with E-state index in [4.69, 9.17) is 9.47 Å². The van der Waals surface area contributed by atoms with Crippen molar-refractivity contribution in [3.63, 3.8) is 0 Å². The van der Waals surface area contributed by atoms with Crippen molar-refractivity contribution in [2.45, 2.75) is 6.92 Å². The largest absolute Gasteiger partial charge is 0.497 e. The lowest BCUT2D eigenvalue weighted by Crippen LogP contribution is -2.23. The second kappa shape index (κ2) is 6.85. The summed E-state index contributed by atoms with van der Waals surface area (Å²) in [6.45, 7) is 2.02. The molecule has 2 heterocycles. The summed E-state index contributed by atoms with van der Waals surface area (Å²) in [5.74, 6) is 1.87. The molecule has 0 spiro atoms. The number of ether oxygens (including phenoxy) is 2. The average molecular weight is 379 g/mol. The lowest BCUT2D eigenvalue weighted by Gasteiger charge is -2.06. The van der Waals surface area contributed by atoms with Gasteiger partial charge in [0.2, 0.25) is 4.96 Å². The van der Waals surface area contributed by atoms with Crippen molar-refractivity contribution in [1.82, 2.24) is 14.6 Å². The van der Waals surface area contributed by atoms with Crippen LogP contribution in [0.1, 0.15) is 11.1 Å². The van der Waals surface area contributed by atoms with Crippen LogP contribution in [0.2, 0.25) is 0 Å². The smallest absolute Gasteiger partial charge is 0.291 e. The number of thiazole rings is 1. The second-order valence-corrected chi connectivity index (χ2v) is 7.03. The Morgan fingerprint density at radius 1 is 1.07 bits per heavy atom. The number of aryl methyl sites for hydroxylation is 1. The minimum atomic E-state index is -0.196. The van der Waals surface area contributed by atoms with E-state index in [0.717, 1.165) is 16.7 Å². The van der Waals surface area contributed by atoms with Gasteiger partial charge in [-0.1, -0.05) is 41.2 Å². The zero-order chi connectivity index (χ0) is 19.0. The molecule has 7 heteroatoms. The Kier molecular flexibility index (Phi) is 4.37. The molecule has 27 heavy (non-hydrogen) atoms. The molecule has 0 saturated heterocycles. The summed E-state index contributed by atoms with van der Waals surface area (Å²) in [6, 6.07) is 13.4. The van der Waals surface area contributed by atoms with E-state index in [0.29, 0.717) is 26.8 Å². The second-order valence-electron chi connectivity index (χ2n) is 6.02. The topological polar surface area (TPSA) is 65.7 Å². The third kappa shape index (κ3) is 3.17. The van der Waals surface area contributed by atoms with Crippen LogP contribution in [0.5, 0.6) is 11.5 Å². The maximum Gasteiger partial charge on any atom is 0.291 e. The van der Waals surface area contributed by atoms with Gasteiger partial charge in [0, 0.05) is 17.2 Å². The summed E-state index contributed by atoms with van der Waals surface area (Å²) >= 11 is 1.30. The molecule has 4 aromatic rings. The summed E-state index contributed by atoms with van der Waals surface area (Å²) in [5, 5.41) is 4.38. The van der Waals surface area contributed by atoms with Gasteiger partial charge in [0.05, 0.1) is 18.8 Å². The number of rotatable bonds is 4. The van der Waals surface area contributed by atoms with Crippen molar-refractivity contribution in [2.24, 2.45) is 0 Å². The summed E-state index contributed by atoms with van der Waals surface area (Å²) < 4.78 is 12.5. The molecule has 4 rings (SSSR count). The van der Waals surface area contributed by atoms with Crippen LogP contribution in [0.25, 0.3) is 22.4 Å². The number of hydrogen-bond donors (Lipinski definition) is 0. The summed E-state index contributed by atoms with van der Waals surface area (Å²) in [4.78, 5) is 17.8. The predicted octanol–water partition coefficient (Wildman–Crippen LogP) is 2.69. The van der Waals surface area contributed by atoms with Gasteiger partial charge in [-0.2, -0.15) is 9.50 Å². The Hall–Kier alpha value is -3.19. The first-order valence-electron chi connectivity index (χ1n) is 8.29.